The number of alkyl halides is 3. The molecule has 11 heteroatoms. The molecule has 2 aliphatic rings. The van der Waals surface area contributed by atoms with Gasteiger partial charge in [0, 0.05) is 59.1 Å². The first-order valence-electron chi connectivity index (χ1n) is 15.0. The molecule has 7 nitrogen and oxygen atoms in total. The molecule has 0 bridgehead atoms. The number of aromatic amines is 1. The highest BCUT2D eigenvalue weighted by molar-refractivity contribution is 6.31. The Labute approximate surface area is 260 Å². The Morgan fingerprint density at radius 2 is 1.84 bits per heavy atom. The lowest BCUT2D eigenvalue weighted by atomic mass is 9.67. The maximum atomic E-state index is 14.4. The SMILES string of the molecule is CC(C)N(C(=O)[C@H]1C[C@H](CC(=O)NCc2cccc(C(F)(F)F)c2)C(=O)N2CCc3c([nH]c4ccc(Cl)cc34)[C@]12C)C(C)C. The summed E-state index contributed by atoms with van der Waals surface area (Å²) >= 11 is 6.34. The van der Waals surface area contributed by atoms with Crippen LogP contribution in [0.15, 0.2) is 42.5 Å². The molecule has 2 aliphatic heterocycles. The first-order chi connectivity index (χ1) is 20.6. The summed E-state index contributed by atoms with van der Waals surface area (Å²) in [6, 6.07) is 10.2. The van der Waals surface area contributed by atoms with Crippen LogP contribution in [0.25, 0.3) is 10.9 Å². The summed E-state index contributed by atoms with van der Waals surface area (Å²) in [6.45, 7) is 10.0. The third-order valence-electron chi connectivity index (χ3n) is 9.18. The number of hydrogen-bond acceptors (Lipinski definition) is 3. The number of nitrogens with zero attached hydrogens (tertiary/aromatic N) is 2. The van der Waals surface area contributed by atoms with Crippen molar-refractivity contribution in [3.63, 3.8) is 0 Å². The van der Waals surface area contributed by atoms with Gasteiger partial charge in [-0.3, -0.25) is 14.4 Å². The van der Waals surface area contributed by atoms with E-state index >= 15 is 0 Å². The first-order valence-corrected chi connectivity index (χ1v) is 15.4. The van der Waals surface area contributed by atoms with Crippen molar-refractivity contribution in [1.82, 2.24) is 20.1 Å². The van der Waals surface area contributed by atoms with Crippen molar-refractivity contribution >= 4 is 40.2 Å². The van der Waals surface area contributed by atoms with Crippen molar-refractivity contribution in [2.75, 3.05) is 6.54 Å². The largest absolute Gasteiger partial charge is 0.416 e. The highest BCUT2D eigenvalue weighted by Gasteiger charge is 2.57. The predicted molar refractivity (Wildman–Crippen MR) is 163 cm³/mol. The number of piperidine rings is 1. The van der Waals surface area contributed by atoms with Gasteiger partial charge in [0.1, 0.15) is 0 Å². The van der Waals surface area contributed by atoms with Crippen LogP contribution >= 0.6 is 11.6 Å². The van der Waals surface area contributed by atoms with Gasteiger partial charge in [-0.2, -0.15) is 13.2 Å². The lowest BCUT2D eigenvalue weighted by molar-refractivity contribution is -0.166. The van der Waals surface area contributed by atoms with Gasteiger partial charge < -0.3 is 20.1 Å². The number of fused-ring (bicyclic) bond motifs is 5. The molecule has 2 N–H and O–H groups in total. The van der Waals surface area contributed by atoms with Gasteiger partial charge in [-0.1, -0.05) is 23.7 Å². The van der Waals surface area contributed by atoms with Crippen molar-refractivity contribution in [3.05, 3.63) is 69.9 Å². The van der Waals surface area contributed by atoms with Gasteiger partial charge in [-0.05, 0) is 88.9 Å². The van der Waals surface area contributed by atoms with E-state index in [0.717, 1.165) is 34.3 Å². The zero-order valence-corrected chi connectivity index (χ0v) is 26.3. The summed E-state index contributed by atoms with van der Waals surface area (Å²) < 4.78 is 39.4. The molecule has 0 radical (unpaired) electrons. The normalized spacial score (nSPS) is 21.9. The molecule has 5 rings (SSSR count). The Morgan fingerprint density at radius 1 is 1.14 bits per heavy atom. The van der Waals surface area contributed by atoms with E-state index in [1.54, 1.807) is 11.0 Å². The quantitative estimate of drug-likeness (QED) is 0.316. The predicted octanol–water partition coefficient (Wildman–Crippen LogP) is 6.43. The van der Waals surface area contributed by atoms with Crippen LogP contribution in [0.2, 0.25) is 5.02 Å². The molecule has 3 amide bonds. The number of benzene rings is 2. The number of nitrogens with one attached hydrogen (secondary N) is 2. The van der Waals surface area contributed by atoms with E-state index in [0.29, 0.717) is 23.6 Å². The van der Waals surface area contributed by atoms with Gasteiger partial charge >= 0.3 is 6.18 Å². The Hall–Kier alpha value is -3.53. The molecule has 0 unspecified atom stereocenters. The van der Waals surface area contributed by atoms with Crippen molar-refractivity contribution < 1.29 is 27.6 Å². The fourth-order valence-corrected chi connectivity index (χ4v) is 7.36. The van der Waals surface area contributed by atoms with E-state index in [4.69, 9.17) is 11.6 Å². The van der Waals surface area contributed by atoms with Crippen LogP contribution in [0, 0.1) is 11.8 Å². The standard InChI is InChI=1S/C33H38ClF3N4O3/c1-18(2)41(19(3)4)31(44)26-14-21(15-28(42)38-17-20-7-6-8-22(13-20)33(35,36)37)30(43)40-12-11-24-25-16-23(34)9-10-27(25)39-29(24)32(26,40)5/h6-10,13,16,18-19,21,26,39H,11-12,14-15,17H2,1-5H3,(H,38,42)/t21-,26-,32+/m1/s1. The van der Waals surface area contributed by atoms with Gasteiger partial charge in [0.05, 0.1) is 17.0 Å². The van der Waals surface area contributed by atoms with E-state index < -0.39 is 35.0 Å². The summed E-state index contributed by atoms with van der Waals surface area (Å²) in [4.78, 5) is 48.7. The zero-order chi connectivity index (χ0) is 32.1. The average molecular weight is 631 g/mol. The molecule has 0 aliphatic carbocycles. The third-order valence-corrected chi connectivity index (χ3v) is 9.41. The Kier molecular flexibility index (Phi) is 8.52. The smallest absolute Gasteiger partial charge is 0.356 e. The summed E-state index contributed by atoms with van der Waals surface area (Å²) in [5.74, 6) is -2.17. The monoisotopic (exact) mass is 630 g/mol. The van der Waals surface area contributed by atoms with Crippen LogP contribution in [0.3, 0.4) is 0 Å². The number of carbonyl (C=O) groups excluding carboxylic acids is 3. The van der Waals surface area contributed by atoms with Crippen LogP contribution < -0.4 is 5.32 Å². The second-order valence-corrected chi connectivity index (χ2v) is 13.1. The van der Waals surface area contributed by atoms with E-state index in [1.165, 1.54) is 12.1 Å². The molecule has 0 spiro atoms. The van der Waals surface area contributed by atoms with Crippen LogP contribution in [0.4, 0.5) is 13.2 Å². The minimum absolute atomic E-state index is 0.0871. The Balaban J connectivity index is 1.46. The lowest BCUT2D eigenvalue weighted by Crippen LogP contribution is -2.65. The highest BCUT2D eigenvalue weighted by atomic mass is 35.5. The number of H-pyrrole nitrogens is 1. The summed E-state index contributed by atoms with van der Waals surface area (Å²) in [7, 11) is 0. The molecule has 1 fully saturated rings. The van der Waals surface area contributed by atoms with Crippen molar-refractivity contribution in [2.24, 2.45) is 11.8 Å². The van der Waals surface area contributed by atoms with Gasteiger partial charge in [0.25, 0.3) is 0 Å². The van der Waals surface area contributed by atoms with Gasteiger partial charge in [0.2, 0.25) is 17.7 Å². The molecular weight excluding hydrogens is 593 g/mol. The van der Waals surface area contributed by atoms with Crippen LogP contribution in [0.5, 0.6) is 0 Å². The van der Waals surface area contributed by atoms with E-state index in [1.807, 2.05) is 51.7 Å². The van der Waals surface area contributed by atoms with Crippen LogP contribution in [-0.2, 0) is 39.1 Å². The zero-order valence-electron chi connectivity index (χ0n) is 25.5. The van der Waals surface area contributed by atoms with Crippen LogP contribution in [0.1, 0.15) is 69.8 Å². The number of halogens is 4. The summed E-state index contributed by atoms with van der Waals surface area (Å²) in [5, 5.41) is 4.24. The first kappa shape index (κ1) is 31.9. The Bertz CT molecular complexity index is 1590. The molecule has 0 saturated carbocycles. The maximum absolute atomic E-state index is 14.4. The molecular formula is C33H38ClF3N4O3. The highest BCUT2D eigenvalue weighted by Crippen LogP contribution is 2.50. The summed E-state index contributed by atoms with van der Waals surface area (Å²) in [6.07, 6.45) is -3.95. The summed E-state index contributed by atoms with van der Waals surface area (Å²) in [5.41, 5.74) is 1.24. The number of rotatable bonds is 7. The Morgan fingerprint density at radius 3 is 2.50 bits per heavy atom. The lowest BCUT2D eigenvalue weighted by Gasteiger charge is -2.54. The third kappa shape index (κ3) is 5.69. The minimum Gasteiger partial charge on any atom is -0.356 e. The second kappa shape index (κ2) is 11.8. The average Bonchev–Trinajstić information content (AvgIpc) is 3.31. The number of hydrogen-bond donors (Lipinski definition) is 2. The van der Waals surface area contributed by atoms with E-state index in [9.17, 15) is 27.6 Å². The van der Waals surface area contributed by atoms with E-state index in [2.05, 4.69) is 10.3 Å². The molecule has 1 aromatic heterocycles. The molecule has 44 heavy (non-hydrogen) atoms. The van der Waals surface area contributed by atoms with Crippen molar-refractivity contribution in [1.29, 1.82) is 0 Å². The molecule has 3 aromatic rings. The van der Waals surface area contributed by atoms with Crippen molar-refractivity contribution in [2.45, 2.75) is 84.2 Å². The molecule has 1 saturated heterocycles. The number of amides is 3. The molecule has 236 valence electrons. The molecule has 2 aromatic carbocycles. The topological polar surface area (TPSA) is 85.5 Å². The molecule has 3 heterocycles. The minimum atomic E-state index is -4.49. The van der Waals surface area contributed by atoms with Gasteiger partial charge in [-0.15, -0.1) is 0 Å². The number of carbonyl (C=O) groups is 3. The molecule has 3 atom stereocenters. The number of aromatic nitrogens is 1. The fourth-order valence-electron chi connectivity index (χ4n) is 7.19. The second-order valence-electron chi connectivity index (χ2n) is 12.7. The van der Waals surface area contributed by atoms with Gasteiger partial charge in [-0.25, -0.2) is 0 Å². The maximum Gasteiger partial charge on any atom is 0.416 e. The fraction of sp³-hybridized carbons (Fsp3) is 0.485. The van der Waals surface area contributed by atoms with Gasteiger partial charge in [0.15, 0.2) is 0 Å². The van der Waals surface area contributed by atoms with E-state index in [-0.39, 0.29) is 43.3 Å². The van der Waals surface area contributed by atoms with Crippen molar-refractivity contribution in [3.8, 4) is 0 Å². The van der Waals surface area contributed by atoms with Crippen LogP contribution in [-0.4, -0.2) is 51.1 Å².